The van der Waals surface area contributed by atoms with Crippen molar-refractivity contribution >= 4 is 5.91 Å². The highest BCUT2D eigenvalue weighted by Gasteiger charge is 2.36. The summed E-state index contributed by atoms with van der Waals surface area (Å²) in [7, 11) is 0. The van der Waals surface area contributed by atoms with E-state index in [2.05, 4.69) is 10.2 Å². The third-order valence-electron chi connectivity index (χ3n) is 6.72. The minimum absolute atomic E-state index is 0.0368. The molecular formula is C25H30F2N2O2. The quantitative estimate of drug-likeness (QED) is 0.750. The number of rotatable bonds is 6. The van der Waals surface area contributed by atoms with Crippen LogP contribution in [0.5, 0.6) is 0 Å². The lowest BCUT2D eigenvalue weighted by atomic mass is 9.74. The van der Waals surface area contributed by atoms with Gasteiger partial charge in [-0.1, -0.05) is 30.7 Å². The van der Waals surface area contributed by atoms with Gasteiger partial charge in [-0.2, -0.15) is 0 Å². The number of nitrogens with zero attached hydrogens (tertiary/aromatic N) is 1. The van der Waals surface area contributed by atoms with Gasteiger partial charge in [0.2, 0.25) is 5.91 Å². The van der Waals surface area contributed by atoms with Crippen LogP contribution in [0.4, 0.5) is 8.78 Å². The second kappa shape index (κ2) is 9.88. The predicted octanol–water partition coefficient (Wildman–Crippen LogP) is 4.18. The highest BCUT2D eigenvalue weighted by atomic mass is 19.1. The average Bonchev–Trinajstić information content (AvgIpc) is 2.80. The van der Waals surface area contributed by atoms with Crippen molar-refractivity contribution in [3.8, 4) is 0 Å². The molecule has 0 spiro atoms. The molecule has 1 amide bonds. The molecular weight excluding hydrogens is 398 g/mol. The molecule has 4 rings (SSSR count). The van der Waals surface area contributed by atoms with Crippen molar-refractivity contribution in [1.29, 1.82) is 0 Å². The van der Waals surface area contributed by atoms with E-state index in [4.69, 9.17) is 4.74 Å². The van der Waals surface area contributed by atoms with Gasteiger partial charge in [-0.25, -0.2) is 8.78 Å². The van der Waals surface area contributed by atoms with E-state index < -0.39 is 0 Å². The summed E-state index contributed by atoms with van der Waals surface area (Å²) in [5, 5.41) is 3.21. The molecule has 0 unspecified atom stereocenters. The summed E-state index contributed by atoms with van der Waals surface area (Å²) in [6.07, 6.45) is 4.49. The molecule has 2 fully saturated rings. The summed E-state index contributed by atoms with van der Waals surface area (Å²) in [6.45, 7) is 3.27. The summed E-state index contributed by atoms with van der Waals surface area (Å²) in [5.74, 6) is -0.470. The number of hydrogen-bond donors (Lipinski definition) is 1. The predicted molar refractivity (Wildman–Crippen MR) is 116 cm³/mol. The van der Waals surface area contributed by atoms with Gasteiger partial charge in [-0.05, 0) is 67.6 Å². The molecule has 0 aliphatic carbocycles. The molecule has 2 saturated heterocycles. The molecule has 166 valence electrons. The lowest BCUT2D eigenvalue weighted by molar-refractivity contribution is -0.128. The monoisotopic (exact) mass is 428 g/mol. The number of amides is 1. The maximum absolute atomic E-state index is 13.5. The van der Waals surface area contributed by atoms with Gasteiger partial charge < -0.3 is 10.1 Å². The van der Waals surface area contributed by atoms with Gasteiger partial charge in [0.25, 0.3) is 0 Å². The first-order chi connectivity index (χ1) is 15.1. The molecule has 1 atom stereocenters. The van der Waals surface area contributed by atoms with Crippen molar-refractivity contribution in [2.75, 3.05) is 26.3 Å². The fraction of sp³-hybridized carbons (Fsp3) is 0.480. The molecule has 31 heavy (non-hydrogen) atoms. The van der Waals surface area contributed by atoms with Crippen LogP contribution >= 0.6 is 0 Å². The standard InChI is InChI=1S/C25H30F2N2O2/c26-21-8-4-19(5-9-21)17-29-14-2-1-3-23(29)24(30)28-18-25(12-15-31-16-13-25)20-6-10-22(27)11-7-20/h4-11,23H,1-3,12-18H2,(H,28,30)/t23-/m1/s1. The van der Waals surface area contributed by atoms with Crippen LogP contribution in [0.3, 0.4) is 0 Å². The van der Waals surface area contributed by atoms with Crippen molar-refractivity contribution in [2.45, 2.75) is 50.1 Å². The van der Waals surface area contributed by atoms with Crippen LogP contribution in [-0.2, 0) is 21.5 Å². The minimum atomic E-state index is -0.256. The Labute approximate surface area is 182 Å². The number of piperidine rings is 1. The van der Waals surface area contributed by atoms with Crippen molar-refractivity contribution in [3.63, 3.8) is 0 Å². The van der Waals surface area contributed by atoms with Crippen LogP contribution in [0.15, 0.2) is 48.5 Å². The zero-order chi connectivity index (χ0) is 21.7. The van der Waals surface area contributed by atoms with Gasteiger partial charge in [0.1, 0.15) is 11.6 Å². The molecule has 0 radical (unpaired) electrons. The van der Waals surface area contributed by atoms with E-state index in [0.717, 1.165) is 49.8 Å². The highest BCUT2D eigenvalue weighted by molar-refractivity contribution is 5.82. The number of nitrogens with one attached hydrogen (secondary N) is 1. The molecule has 0 bridgehead atoms. The fourth-order valence-electron chi connectivity index (χ4n) is 4.81. The maximum Gasteiger partial charge on any atom is 0.237 e. The lowest BCUT2D eigenvalue weighted by Crippen LogP contribution is -2.52. The number of hydrogen-bond acceptors (Lipinski definition) is 3. The van der Waals surface area contributed by atoms with Gasteiger partial charge in [0, 0.05) is 31.7 Å². The topological polar surface area (TPSA) is 41.6 Å². The van der Waals surface area contributed by atoms with Crippen LogP contribution in [0, 0.1) is 11.6 Å². The van der Waals surface area contributed by atoms with Crippen molar-refractivity contribution in [3.05, 3.63) is 71.3 Å². The molecule has 2 aliphatic rings. The van der Waals surface area contributed by atoms with Crippen LogP contribution < -0.4 is 5.32 Å². The SMILES string of the molecule is O=C(NCC1(c2ccc(F)cc2)CCOCC1)[C@H]1CCCCN1Cc1ccc(F)cc1. The lowest BCUT2D eigenvalue weighted by Gasteiger charge is -2.39. The molecule has 0 aromatic heterocycles. The Morgan fingerprint density at radius 2 is 1.65 bits per heavy atom. The zero-order valence-corrected chi connectivity index (χ0v) is 17.8. The first kappa shape index (κ1) is 21.9. The molecule has 2 aliphatic heterocycles. The maximum atomic E-state index is 13.5. The largest absolute Gasteiger partial charge is 0.381 e. The highest BCUT2D eigenvalue weighted by Crippen LogP contribution is 2.34. The second-order valence-electron chi connectivity index (χ2n) is 8.73. The van der Waals surface area contributed by atoms with E-state index in [0.29, 0.717) is 26.3 Å². The van der Waals surface area contributed by atoms with Gasteiger partial charge in [0.05, 0.1) is 6.04 Å². The molecule has 2 aromatic rings. The van der Waals surface area contributed by atoms with Gasteiger partial charge >= 0.3 is 0 Å². The van der Waals surface area contributed by atoms with E-state index in [1.807, 2.05) is 12.1 Å². The summed E-state index contributed by atoms with van der Waals surface area (Å²) in [6, 6.07) is 12.9. The van der Waals surface area contributed by atoms with Gasteiger partial charge in [-0.15, -0.1) is 0 Å². The Hall–Kier alpha value is -2.31. The number of carbonyl (C=O) groups excluding carboxylic acids is 1. The first-order valence-electron chi connectivity index (χ1n) is 11.2. The molecule has 6 heteroatoms. The van der Waals surface area contributed by atoms with E-state index >= 15 is 0 Å². The van der Waals surface area contributed by atoms with Crippen LogP contribution in [0.1, 0.15) is 43.2 Å². The molecule has 0 saturated carbocycles. The number of carbonyl (C=O) groups is 1. The number of likely N-dealkylation sites (tertiary alicyclic amines) is 1. The normalized spacial score (nSPS) is 21.5. The van der Waals surface area contributed by atoms with Crippen LogP contribution in [0.25, 0.3) is 0 Å². The van der Waals surface area contributed by atoms with Crippen LogP contribution in [-0.4, -0.2) is 43.2 Å². The third-order valence-corrected chi connectivity index (χ3v) is 6.72. The Balaban J connectivity index is 1.44. The molecule has 4 nitrogen and oxygen atoms in total. The molecule has 2 aromatic carbocycles. The van der Waals surface area contributed by atoms with E-state index in [9.17, 15) is 13.6 Å². The van der Waals surface area contributed by atoms with Gasteiger partial charge in [0.15, 0.2) is 0 Å². The number of halogens is 2. The smallest absolute Gasteiger partial charge is 0.237 e. The number of benzene rings is 2. The summed E-state index contributed by atoms with van der Waals surface area (Å²) >= 11 is 0. The Kier molecular flexibility index (Phi) is 6.98. The third kappa shape index (κ3) is 5.31. The van der Waals surface area contributed by atoms with Crippen molar-refractivity contribution in [1.82, 2.24) is 10.2 Å². The summed E-state index contributed by atoms with van der Waals surface area (Å²) in [4.78, 5) is 15.4. The first-order valence-corrected chi connectivity index (χ1v) is 11.2. The molecule has 1 N–H and O–H groups in total. The summed E-state index contributed by atoms with van der Waals surface area (Å²) in [5.41, 5.74) is 1.82. The second-order valence-corrected chi connectivity index (χ2v) is 8.73. The Bertz CT molecular complexity index is 864. The van der Waals surface area contributed by atoms with E-state index in [-0.39, 0.29) is 29.0 Å². The van der Waals surface area contributed by atoms with Gasteiger partial charge in [-0.3, -0.25) is 9.69 Å². The van der Waals surface area contributed by atoms with Crippen LogP contribution in [0.2, 0.25) is 0 Å². The van der Waals surface area contributed by atoms with E-state index in [1.165, 1.54) is 24.3 Å². The number of ether oxygens (including phenoxy) is 1. The van der Waals surface area contributed by atoms with Crippen molar-refractivity contribution < 1.29 is 18.3 Å². The van der Waals surface area contributed by atoms with E-state index in [1.54, 1.807) is 12.1 Å². The zero-order valence-electron chi connectivity index (χ0n) is 17.8. The minimum Gasteiger partial charge on any atom is -0.381 e. The Morgan fingerprint density at radius 1 is 1.00 bits per heavy atom. The molecule has 2 heterocycles. The Morgan fingerprint density at radius 3 is 2.32 bits per heavy atom. The fourth-order valence-corrected chi connectivity index (χ4v) is 4.81. The summed E-state index contributed by atoms with van der Waals surface area (Å²) < 4.78 is 32.3. The van der Waals surface area contributed by atoms with Crippen molar-refractivity contribution in [2.24, 2.45) is 0 Å². The average molecular weight is 429 g/mol.